The Kier molecular flexibility index (Phi) is 53.3. The van der Waals surface area contributed by atoms with E-state index in [1.165, 1.54) is 64.2 Å². The third-order valence-corrected chi connectivity index (χ3v) is 39.8. The van der Waals surface area contributed by atoms with Gasteiger partial charge in [0.2, 0.25) is 18.3 Å². The minimum Gasteiger partial charge on any atom is -0.384 e. The van der Waals surface area contributed by atoms with Crippen molar-refractivity contribution in [2.24, 2.45) is 232 Å². The maximum Gasteiger partial charge on any atom is 0.395 e. The van der Waals surface area contributed by atoms with Crippen LogP contribution >= 0.6 is 0 Å². The van der Waals surface area contributed by atoms with E-state index >= 15 is 0 Å². The van der Waals surface area contributed by atoms with E-state index in [9.17, 15) is 65.9 Å². The van der Waals surface area contributed by atoms with Crippen molar-refractivity contribution in [1.29, 1.82) is 0 Å². The molecule has 10 saturated carbocycles. The molecule has 0 radical (unpaired) electrons. The van der Waals surface area contributed by atoms with E-state index in [-0.39, 0.29) is 81.8 Å². The number of halogens is 15. The van der Waals surface area contributed by atoms with Gasteiger partial charge in [0, 0.05) is 37.9 Å². The number of methoxy groups -OCH3 is 2. The second-order valence-corrected chi connectivity index (χ2v) is 54.5. The molecule has 0 spiro atoms. The fourth-order valence-electron chi connectivity index (χ4n) is 31.4. The average Bonchev–Trinajstić information content (AvgIpc) is 1.55. The molecule has 23 unspecified atom stereocenters. The molecular formula is C121H227F15O2. The lowest BCUT2D eigenvalue weighted by molar-refractivity contribution is -0.257. The number of ether oxygens (including phenoxy) is 2. The first-order valence-electron chi connectivity index (χ1n) is 56.6. The molecule has 828 valence electrons. The van der Waals surface area contributed by atoms with Gasteiger partial charge in [0.05, 0.1) is 36.4 Å². The van der Waals surface area contributed by atoms with Gasteiger partial charge in [0.25, 0.3) is 0 Å². The molecule has 0 aromatic carbocycles. The van der Waals surface area contributed by atoms with Gasteiger partial charge >= 0.3 is 12.4 Å². The van der Waals surface area contributed by atoms with E-state index in [1.807, 2.05) is 69.6 Å². The van der Waals surface area contributed by atoms with Crippen LogP contribution in [0.25, 0.3) is 0 Å². The molecule has 0 amide bonds. The average molecular weight is 2000 g/mol. The van der Waals surface area contributed by atoms with Crippen LogP contribution in [0.4, 0.5) is 65.9 Å². The minimum absolute atomic E-state index is 0.0336. The van der Waals surface area contributed by atoms with Crippen LogP contribution in [-0.2, 0) is 9.47 Å². The Bertz CT molecular complexity index is 3290. The van der Waals surface area contributed by atoms with Crippen molar-refractivity contribution >= 4 is 0 Å². The van der Waals surface area contributed by atoms with Gasteiger partial charge in [-0.25, -0.2) is 39.5 Å². The molecule has 138 heavy (non-hydrogen) atoms. The molecule has 10 aliphatic carbocycles. The lowest BCUT2D eigenvalue weighted by atomic mass is 9.63. The topological polar surface area (TPSA) is 18.5 Å². The summed E-state index contributed by atoms with van der Waals surface area (Å²) >= 11 is 0. The van der Waals surface area contributed by atoms with Crippen molar-refractivity contribution in [2.45, 2.75) is 515 Å². The maximum atomic E-state index is 13.9. The summed E-state index contributed by atoms with van der Waals surface area (Å²) in [6.45, 7) is 94.3. The number of hydrogen-bond acceptors (Lipinski definition) is 2. The maximum absolute atomic E-state index is 13.9. The van der Waals surface area contributed by atoms with E-state index in [4.69, 9.17) is 9.47 Å². The van der Waals surface area contributed by atoms with Crippen LogP contribution in [0.2, 0.25) is 0 Å². The molecular weight excluding hydrogens is 1770 g/mol. The second kappa shape index (κ2) is 54.5. The van der Waals surface area contributed by atoms with Gasteiger partial charge in [0.1, 0.15) is 6.17 Å². The fourth-order valence-corrected chi connectivity index (χ4v) is 31.4. The van der Waals surface area contributed by atoms with Gasteiger partial charge in [-0.3, -0.25) is 0 Å². The number of hydrogen-bond donors (Lipinski definition) is 0. The van der Waals surface area contributed by atoms with Gasteiger partial charge in [-0.05, 0) is 354 Å². The highest BCUT2D eigenvalue weighted by molar-refractivity contribution is 5.13. The molecule has 0 N–H and O–H groups in total. The van der Waals surface area contributed by atoms with Crippen molar-refractivity contribution in [3.63, 3.8) is 0 Å². The molecule has 17 heteroatoms. The van der Waals surface area contributed by atoms with E-state index in [2.05, 4.69) is 194 Å². The minimum atomic E-state index is -4.05. The molecule has 0 aromatic heterocycles. The van der Waals surface area contributed by atoms with Gasteiger partial charge in [-0.1, -0.05) is 309 Å². The fraction of sp³-hybridized carbons (Fsp3) is 1.00. The monoisotopic (exact) mass is 2000 g/mol. The highest BCUT2D eigenvalue weighted by Gasteiger charge is 2.73. The van der Waals surface area contributed by atoms with Crippen molar-refractivity contribution in [1.82, 2.24) is 0 Å². The van der Waals surface area contributed by atoms with Crippen LogP contribution in [0.3, 0.4) is 0 Å². The Morgan fingerprint density at radius 2 is 0.507 bits per heavy atom. The van der Waals surface area contributed by atoms with E-state index in [1.54, 1.807) is 48.5 Å². The van der Waals surface area contributed by atoms with Crippen molar-refractivity contribution in [3.8, 4) is 0 Å². The Balaban J connectivity index is 0.000000767. The van der Waals surface area contributed by atoms with Crippen LogP contribution in [0.1, 0.15) is 466 Å². The largest absolute Gasteiger partial charge is 0.395 e. The zero-order valence-corrected chi connectivity index (χ0v) is 98.5. The summed E-state index contributed by atoms with van der Waals surface area (Å²) in [4.78, 5) is 0. The summed E-state index contributed by atoms with van der Waals surface area (Å²) in [5.74, 6) is 8.57. The van der Waals surface area contributed by atoms with Crippen LogP contribution in [-0.4, -0.2) is 76.6 Å². The van der Waals surface area contributed by atoms with Crippen LogP contribution in [0, 0.1) is 232 Å². The summed E-state index contributed by atoms with van der Waals surface area (Å²) < 4.78 is 208. The predicted molar refractivity (Wildman–Crippen MR) is 562 cm³/mol. The van der Waals surface area contributed by atoms with E-state index in [0.717, 1.165) is 145 Å². The van der Waals surface area contributed by atoms with Crippen molar-refractivity contribution in [2.75, 3.05) is 27.4 Å². The first kappa shape index (κ1) is 135. The first-order chi connectivity index (χ1) is 62.6. The van der Waals surface area contributed by atoms with Gasteiger partial charge in [-0.15, -0.1) is 0 Å². The zero-order valence-electron chi connectivity index (χ0n) is 98.5. The quantitative estimate of drug-likeness (QED) is 0.0598. The van der Waals surface area contributed by atoms with Crippen LogP contribution < -0.4 is 0 Å². The zero-order chi connectivity index (χ0) is 108. The lowest BCUT2D eigenvalue weighted by Gasteiger charge is -2.43. The van der Waals surface area contributed by atoms with E-state index < -0.39 is 65.4 Å². The molecule has 0 aromatic rings. The van der Waals surface area contributed by atoms with Gasteiger partial charge in [-0.2, -0.15) is 26.3 Å². The molecule has 0 aliphatic heterocycles. The molecule has 2 nitrogen and oxygen atoms in total. The molecule has 23 atom stereocenters. The van der Waals surface area contributed by atoms with Gasteiger partial charge < -0.3 is 9.47 Å². The summed E-state index contributed by atoms with van der Waals surface area (Å²) in [6, 6.07) is 0. The van der Waals surface area contributed by atoms with Crippen LogP contribution in [0.15, 0.2) is 0 Å². The summed E-state index contributed by atoms with van der Waals surface area (Å²) in [5.41, 5.74) is -2.10. The predicted octanol–water partition coefficient (Wildman–Crippen LogP) is 41.6. The molecule has 10 aliphatic rings. The Morgan fingerprint density at radius 1 is 0.239 bits per heavy atom. The molecule has 10 rings (SSSR count). The van der Waals surface area contributed by atoms with Gasteiger partial charge in [0.15, 0.2) is 0 Å². The van der Waals surface area contributed by atoms with Crippen LogP contribution in [0.5, 0.6) is 0 Å². The number of rotatable bonds is 34. The van der Waals surface area contributed by atoms with E-state index in [0.29, 0.717) is 106 Å². The highest BCUT2D eigenvalue weighted by atomic mass is 19.4. The normalized spacial score (nSPS) is 33.9. The Labute approximate surface area is 844 Å². The Hall–Kier alpha value is -1.13. The third kappa shape index (κ3) is 33.4. The molecule has 0 heterocycles. The number of alkyl halides is 15. The third-order valence-electron chi connectivity index (χ3n) is 39.8. The summed E-state index contributed by atoms with van der Waals surface area (Å²) in [6.07, 6.45) is 10.7. The first-order valence-corrected chi connectivity index (χ1v) is 56.6. The SMILES string of the molecule is CC(C)C1CC1(C(C)C)C(F)(F)F.CC(C)C1CC1(C(C)C)C(F)F.CC(C)C1CC1(CC(C)(F)F)C(C)C.CC(C)C1CCCC1(C(C)C)C(C)F.CC(C)C1CCCC1(C(C)C)C(F)(F)F.CC(C)C1CCCC1(CC(C)(F)F)C(C)C.CC(F)CC1(C(C)C)CC1C(C)C.CC(F)CC1(C(C)C)CCCC1C(C)C.COCC1(C(C)C)CC1C(C)C.COCC1(C(C)C)CCCC1C(C)C. The summed E-state index contributed by atoms with van der Waals surface area (Å²) in [7, 11) is 3.67. The standard InChI is InChI=1S/C14H26F2.C14H27F.C13H25F.C13H26O.C12H21F3.C12H22F2.C12H23F.C11H22O.C10H17F3.C10H18F2/c1-10(2)12-7-6-8-14(12,11(3)4)9-13(5,15)16;1-10(2)13-7-6-8-14(13,11(3)4)9-12(5)15;1-9(2)12-7-6-8-13(12,10(3)4)11(5)14;1-10(2)12-7-6-8-13(12,9-14-5)11(3)4;1-8(2)10-6-5-7-11(10,9(3)4)12(13,14)15;1-8(2)10-6-12(10,9(3)4)7-11(5,13)14;1-8(2)11-7-12(11,9(3)4)6-10(5)13;1-8(2)10-6-11(10,7-12-5)9(3)4;1-6(2)8-5-9(8,7(3)4)10(11,12)13;1-6(2)8-5-10(8,7(3)4)9(11)12/h10-12H,6-9H2,1-5H3;10-13H,6-9H2,1-5H3;9-12H,6-8H2,1-5H3;10-12H,6-9H2,1-5H3;8-10H,5-7H2,1-4H3;8-10H,6-7H2,1-5H3;8-11H,6-7H2,1-5H3;8-10H,6-7H2,1-5H3;6-8H,5H2,1-4H3;6-9H,5H2,1-4H3. The smallest absolute Gasteiger partial charge is 0.384 e. The second-order valence-electron chi connectivity index (χ2n) is 54.5. The molecule has 0 saturated heterocycles. The van der Waals surface area contributed by atoms with Crippen molar-refractivity contribution in [3.05, 3.63) is 0 Å². The molecule has 0 bridgehead atoms. The highest BCUT2D eigenvalue weighted by Crippen LogP contribution is 2.71. The summed E-state index contributed by atoms with van der Waals surface area (Å²) in [5, 5.41) is 0. The Morgan fingerprint density at radius 3 is 0.746 bits per heavy atom. The lowest BCUT2D eigenvalue weighted by Crippen LogP contribution is -2.47. The van der Waals surface area contributed by atoms with Crippen molar-refractivity contribution < 1.29 is 75.3 Å². The molecule has 10 fully saturated rings.